The Morgan fingerprint density at radius 3 is 2.64 bits per heavy atom. The number of piperidine rings is 1. The number of nitrogens with zero attached hydrogens (tertiary/aromatic N) is 1. The fourth-order valence-corrected chi connectivity index (χ4v) is 2.87. The van der Waals surface area contributed by atoms with Gasteiger partial charge in [0.15, 0.2) is 0 Å². The summed E-state index contributed by atoms with van der Waals surface area (Å²) in [6.45, 7) is 6.25. The minimum atomic E-state index is 0. The van der Waals surface area contributed by atoms with Gasteiger partial charge in [-0.15, -0.1) is 12.4 Å². The topological polar surface area (TPSA) is 41.6 Å². The summed E-state index contributed by atoms with van der Waals surface area (Å²) < 4.78 is 5.72. The van der Waals surface area contributed by atoms with E-state index in [1.165, 1.54) is 11.1 Å². The normalized spacial score (nSPS) is 17.8. The third-order valence-electron chi connectivity index (χ3n) is 3.96. The van der Waals surface area contributed by atoms with Crippen LogP contribution in [-0.4, -0.2) is 43.6 Å². The van der Waals surface area contributed by atoms with E-state index in [-0.39, 0.29) is 18.3 Å². The first-order chi connectivity index (χ1) is 10.1. The maximum atomic E-state index is 12.2. The van der Waals surface area contributed by atoms with Crippen molar-refractivity contribution in [2.24, 2.45) is 0 Å². The minimum absolute atomic E-state index is 0. The van der Waals surface area contributed by atoms with Crippen molar-refractivity contribution >= 4 is 18.3 Å². The number of carbonyl (C=O) groups is 1. The van der Waals surface area contributed by atoms with Crippen LogP contribution in [0, 0.1) is 13.8 Å². The molecule has 5 heteroatoms. The monoisotopic (exact) mass is 326 g/mol. The number of halogens is 1. The lowest BCUT2D eigenvalue weighted by Gasteiger charge is -2.32. The zero-order chi connectivity index (χ0) is 15.2. The summed E-state index contributed by atoms with van der Waals surface area (Å²) in [5.41, 5.74) is 2.37. The van der Waals surface area contributed by atoms with Crippen molar-refractivity contribution in [2.75, 3.05) is 26.7 Å². The zero-order valence-electron chi connectivity index (χ0n) is 13.7. The molecule has 1 aromatic carbocycles. The summed E-state index contributed by atoms with van der Waals surface area (Å²) in [6, 6.07) is 6.57. The fourth-order valence-electron chi connectivity index (χ4n) is 2.87. The average Bonchev–Trinajstić information content (AvgIpc) is 2.46. The molecule has 0 aliphatic carbocycles. The van der Waals surface area contributed by atoms with Crippen LogP contribution in [0.4, 0.5) is 0 Å². The molecule has 0 aromatic heterocycles. The number of ether oxygens (including phenoxy) is 1. The minimum Gasteiger partial charge on any atom is -0.493 e. The first kappa shape index (κ1) is 18.8. The van der Waals surface area contributed by atoms with Crippen molar-refractivity contribution < 1.29 is 9.53 Å². The lowest BCUT2D eigenvalue weighted by atomic mass is 10.1. The molecule has 124 valence electrons. The Morgan fingerprint density at radius 2 is 2.00 bits per heavy atom. The van der Waals surface area contributed by atoms with E-state index in [4.69, 9.17) is 4.74 Å². The van der Waals surface area contributed by atoms with Crippen molar-refractivity contribution in [1.82, 2.24) is 10.2 Å². The molecule has 0 saturated carbocycles. The Balaban J connectivity index is 0.00000242. The number of carbonyl (C=O) groups excluding carboxylic acids is 1. The van der Waals surface area contributed by atoms with E-state index >= 15 is 0 Å². The molecule has 1 aromatic rings. The van der Waals surface area contributed by atoms with Crippen molar-refractivity contribution in [3.8, 4) is 5.75 Å². The van der Waals surface area contributed by atoms with Gasteiger partial charge in [0.1, 0.15) is 5.75 Å². The van der Waals surface area contributed by atoms with Gasteiger partial charge in [0.05, 0.1) is 13.0 Å². The molecule has 0 radical (unpaired) electrons. The van der Waals surface area contributed by atoms with E-state index in [0.29, 0.717) is 19.1 Å². The molecule has 1 aliphatic heterocycles. The van der Waals surface area contributed by atoms with Crippen LogP contribution in [0.15, 0.2) is 18.2 Å². The molecule has 1 amide bonds. The summed E-state index contributed by atoms with van der Waals surface area (Å²) in [5, 5.41) is 3.26. The molecule has 2 rings (SSSR count). The van der Waals surface area contributed by atoms with Crippen LogP contribution < -0.4 is 10.1 Å². The van der Waals surface area contributed by atoms with Crippen LogP contribution in [0.2, 0.25) is 0 Å². The Morgan fingerprint density at radius 1 is 1.32 bits per heavy atom. The highest BCUT2D eigenvalue weighted by atomic mass is 35.5. The van der Waals surface area contributed by atoms with Gasteiger partial charge in [-0.05, 0) is 57.0 Å². The van der Waals surface area contributed by atoms with Crippen molar-refractivity contribution in [1.29, 1.82) is 0 Å². The number of nitrogens with one attached hydrogen (secondary N) is 1. The largest absolute Gasteiger partial charge is 0.493 e. The van der Waals surface area contributed by atoms with Gasteiger partial charge in [0, 0.05) is 19.1 Å². The Labute approximate surface area is 139 Å². The van der Waals surface area contributed by atoms with Crippen LogP contribution in [0.5, 0.6) is 5.75 Å². The molecule has 1 unspecified atom stereocenters. The third kappa shape index (κ3) is 5.50. The van der Waals surface area contributed by atoms with Crippen LogP contribution in [0.25, 0.3) is 0 Å². The Bertz CT molecular complexity index is 473. The second kappa shape index (κ2) is 9.01. The van der Waals surface area contributed by atoms with E-state index in [1.54, 1.807) is 0 Å². The van der Waals surface area contributed by atoms with E-state index in [0.717, 1.165) is 31.7 Å². The molecule has 4 nitrogen and oxygen atoms in total. The maximum absolute atomic E-state index is 12.2. The molecule has 0 bridgehead atoms. The predicted octanol–water partition coefficient (Wildman–Crippen LogP) is 2.70. The summed E-state index contributed by atoms with van der Waals surface area (Å²) in [5.74, 6) is 1.05. The van der Waals surface area contributed by atoms with Gasteiger partial charge in [0.2, 0.25) is 5.91 Å². The number of rotatable bonds is 5. The fraction of sp³-hybridized carbons (Fsp3) is 0.588. The van der Waals surface area contributed by atoms with Crippen LogP contribution in [-0.2, 0) is 4.79 Å². The lowest BCUT2D eigenvalue weighted by Crippen LogP contribution is -2.47. The second-order valence-corrected chi connectivity index (χ2v) is 5.89. The molecule has 1 heterocycles. The quantitative estimate of drug-likeness (QED) is 0.904. The standard InChI is InChI=1S/C17H26N2O2.ClH/c1-13-9-14(2)11-16(10-13)21-8-6-17(20)19-7-4-5-15(12-19)18-3;/h9-11,15,18H,4-8,12H2,1-3H3;1H. The Kier molecular flexibility index (Phi) is 7.69. The van der Waals surface area contributed by atoms with Crippen LogP contribution in [0.3, 0.4) is 0 Å². The molecule has 1 fully saturated rings. The smallest absolute Gasteiger partial charge is 0.226 e. The lowest BCUT2D eigenvalue weighted by molar-refractivity contribution is -0.133. The van der Waals surface area contributed by atoms with Crippen molar-refractivity contribution in [3.05, 3.63) is 29.3 Å². The van der Waals surface area contributed by atoms with E-state index in [2.05, 4.69) is 25.2 Å². The first-order valence-electron chi connectivity index (χ1n) is 7.74. The summed E-state index contributed by atoms with van der Waals surface area (Å²) >= 11 is 0. The summed E-state index contributed by atoms with van der Waals surface area (Å²) in [4.78, 5) is 14.2. The number of hydrogen-bond donors (Lipinski definition) is 1. The van der Waals surface area contributed by atoms with Gasteiger partial charge < -0.3 is 15.0 Å². The number of benzene rings is 1. The molecule has 1 saturated heterocycles. The van der Waals surface area contributed by atoms with Crippen LogP contribution >= 0.6 is 12.4 Å². The average molecular weight is 327 g/mol. The number of likely N-dealkylation sites (N-methyl/N-ethyl adjacent to an activating group) is 1. The van der Waals surface area contributed by atoms with Gasteiger partial charge in [-0.3, -0.25) is 4.79 Å². The highest BCUT2D eigenvalue weighted by Crippen LogP contribution is 2.17. The first-order valence-corrected chi connectivity index (χ1v) is 7.74. The van der Waals surface area contributed by atoms with Crippen molar-refractivity contribution in [3.63, 3.8) is 0 Å². The Hall–Kier alpha value is -1.26. The SMILES string of the molecule is CNC1CCCN(C(=O)CCOc2cc(C)cc(C)c2)C1.Cl. The summed E-state index contributed by atoms with van der Waals surface area (Å²) in [7, 11) is 1.96. The van der Waals surface area contributed by atoms with Gasteiger partial charge in [-0.2, -0.15) is 0 Å². The van der Waals surface area contributed by atoms with E-state index in [1.807, 2.05) is 24.1 Å². The summed E-state index contributed by atoms with van der Waals surface area (Å²) in [6.07, 6.45) is 2.68. The molecule has 1 aliphatic rings. The molecule has 1 N–H and O–H groups in total. The number of hydrogen-bond acceptors (Lipinski definition) is 3. The zero-order valence-corrected chi connectivity index (χ0v) is 14.5. The number of likely N-dealkylation sites (tertiary alicyclic amines) is 1. The van der Waals surface area contributed by atoms with Crippen LogP contribution in [0.1, 0.15) is 30.4 Å². The van der Waals surface area contributed by atoms with Gasteiger partial charge in [-0.1, -0.05) is 6.07 Å². The van der Waals surface area contributed by atoms with Gasteiger partial charge in [-0.25, -0.2) is 0 Å². The highest BCUT2D eigenvalue weighted by Gasteiger charge is 2.22. The number of amides is 1. The van der Waals surface area contributed by atoms with E-state index < -0.39 is 0 Å². The molecule has 22 heavy (non-hydrogen) atoms. The number of aryl methyl sites for hydroxylation is 2. The predicted molar refractivity (Wildman–Crippen MR) is 91.9 cm³/mol. The highest BCUT2D eigenvalue weighted by molar-refractivity contribution is 5.85. The third-order valence-corrected chi connectivity index (χ3v) is 3.96. The van der Waals surface area contributed by atoms with E-state index in [9.17, 15) is 4.79 Å². The second-order valence-electron chi connectivity index (χ2n) is 5.89. The van der Waals surface area contributed by atoms with Crippen molar-refractivity contribution in [2.45, 2.75) is 39.2 Å². The maximum Gasteiger partial charge on any atom is 0.226 e. The van der Waals surface area contributed by atoms with Gasteiger partial charge in [0.25, 0.3) is 0 Å². The molecule has 1 atom stereocenters. The van der Waals surface area contributed by atoms with Gasteiger partial charge >= 0.3 is 0 Å². The molecular weight excluding hydrogens is 300 g/mol. The molecule has 0 spiro atoms. The molecular formula is C17H27ClN2O2.